The lowest BCUT2D eigenvalue weighted by Crippen LogP contribution is -2.34. The van der Waals surface area contributed by atoms with Gasteiger partial charge in [-0.15, -0.1) is 11.8 Å². The molecular weight excluding hydrogens is 479 g/mol. The molecule has 0 radical (unpaired) electrons. The molecule has 2 fully saturated rings. The van der Waals surface area contributed by atoms with Gasteiger partial charge in [0.2, 0.25) is 0 Å². The third-order valence-corrected chi connectivity index (χ3v) is 7.52. The minimum absolute atomic E-state index is 0.235. The number of aromatic nitrogens is 2. The molecule has 0 bridgehead atoms. The molecule has 36 heavy (non-hydrogen) atoms. The lowest BCUT2D eigenvalue weighted by molar-refractivity contribution is 0.00794. The Kier molecular flexibility index (Phi) is 6.21. The normalized spacial score (nSPS) is 23.5. The van der Waals surface area contributed by atoms with E-state index in [-0.39, 0.29) is 30.6 Å². The van der Waals surface area contributed by atoms with Crippen LogP contribution in [-0.2, 0) is 9.47 Å². The zero-order valence-corrected chi connectivity index (χ0v) is 20.8. The van der Waals surface area contributed by atoms with Crippen LogP contribution in [0.25, 0.3) is 33.4 Å². The molecule has 0 spiro atoms. The highest BCUT2D eigenvalue weighted by Gasteiger charge is 2.48. The van der Waals surface area contributed by atoms with Crippen molar-refractivity contribution in [2.75, 3.05) is 13.2 Å². The molecule has 2 aliphatic heterocycles. The van der Waals surface area contributed by atoms with Crippen LogP contribution in [0.2, 0.25) is 0 Å². The molecule has 2 aromatic carbocycles. The number of aromatic amines is 1. The fraction of sp³-hybridized carbons (Fsp3) is 0.321. The number of hydrogen-bond acceptors (Lipinski definition) is 6. The number of aliphatic hydroxyl groups is 1. The first kappa shape index (κ1) is 23.5. The van der Waals surface area contributed by atoms with E-state index in [0.29, 0.717) is 34.3 Å². The molecule has 0 aliphatic carbocycles. The van der Waals surface area contributed by atoms with Gasteiger partial charge in [0, 0.05) is 27.8 Å². The summed E-state index contributed by atoms with van der Waals surface area (Å²) in [6.45, 7) is 4.91. The van der Waals surface area contributed by atoms with Crippen molar-refractivity contribution >= 4 is 22.8 Å². The van der Waals surface area contributed by atoms with Crippen LogP contribution in [0, 0.1) is 5.82 Å². The van der Waals surface area contributed by atoms with E-state index in [4.69, 9.17) is 14.2 Å². The number of hydrogen-bond donors (Lipinski definition) is 2. The third kappa shape index (κ3) is 4.50. The Labute approximate surface area is 212 Å². The maximum Gasteiger partial charge on any atom is 0.193 e. The van der Waals surface area contributed by atoms with E-state index in [2.05, 4.69) is 48.1 Å². The first-order valence-electron chi connectivity index (χ1n) is 12.1. The van der Waals surface area contributed by atoms with Crippen LogP contribution in [-0.4, -0.2) is 58.0 Å². The van der Waals surface area contributed by atoms with Crippen molar-refractivity contribution < 1.29 is 23.7 Å². The Morgan fingerprint density at radius 2 is 1.64 bits per heavy atom. The molecule has 3 unspecified atom stereocenters. The number of benzene rings is 2. The lowest BCUT2D eigenvalue weighted by Gasteiger charge is -2.16. The summed E-state index contributed by atoms with van der Waals surface area (Å²) < 4.78 is 32.3. The van der Waals surface area contributed by atoms with Crippen molar-refractivity contribution in [2.24, 2.45) is 0 Å². The topological polar surface area (TPSA) is 76.6 Å². The number of nitrogens with zero attached hydrogens (tertiary/aromatic N) is 1. The van der Waals surface area contributed by atoms with E-state index in [1.54, 1.807) is 6.07 Å². The highest BCUT2D eigenvalue weighted by molar-refractivity contribution is 7.99. The van der Waals surface area contributed by atoms with Crippen molar-refractivity contribution in [2.45, 2.75) is 48.4 Å². The van der Waals surface area contributed by atoms with Gasteiger partial charge in [-0.2, -0.15) is 0 Å². The number of rotatable bonds is 6. The number of fused-ring (bicyclic) bond motifs is 2. The standard InChI is InChI=1S/C28H27FN2O4S/c1-15(2)36-19-9-7-17(8-10-19)16-3-5-18(6-4-16)26-20(29)11-21-22(31-26)12-25(30-21)35-24-14-34-27-23(32)13-33-28(24)27/h3-12,15,23-24,27-28,30,32H,13-14H2,1-2H3/t23?,24?,27?,28-/m1/s1. The Hall–Kier alpha value is -2.91. The van der Waals surface area contributed by atoms with Crippen LogP contribution in [0.3, 0.4) is 0 Å². The van der Waals surface area contributed by atoms with Gasteiger partial charge in [0.1, 0.15) is 24.0 Å². The van der Waals surface area contributed by atoms with Gasteiger partial charge < -0.3 is 24.3 Å². The molecule has 186 valence electrons. The SMILES string of the molecule is CC(C)Sc1ccc(-c2ccc(-c3nc4cc(OC5COC6C(O)CO[C@H]56)[nH]c4cc3F)cc2)cc1. The Balaban J connectivity index is 1.21. The van der Waals surface area contributed by atoms with Gasteiger partial charge in [0.05, 0.1) is 24.2 Å². The predicted octanol–water partition coefficient (Wildman–Crippen LogP) is 5.44. The number of thioether (sulfide) groups is 1. The molecule has 4 aromatic rings. The number of halogens is 1. The average Bonchev–Trinajstić information content (AvgIpc) is 3.55. The van der Waals surface area contributed by atoms with E-state index in [0.717, 1.165) is 11.1 Å². The van der Waals surface area contributed by atoms with E-state index >= 15 is 4.39 Å². The molecule has 6 rings (SSSR count). The third-order valence-electron chi connectivity index (χ3n) is 6.51. The van der Waals surface area contributed by atoms with Crippen LogP contribution in [0.4, 0.5) is 4.39 Å². The summed E-state index contributed by atoms with van der Waals surface area (Å²) in [6.07, 6.45) is -1.69. The van der Waals surface area contributed by atoms with E-state index in [1.807, 2.05) is 36.0 Å². The highest BCUT2D eigenvalue weighted by Crippen LogP contribution is 2.33. The molecule has 8 heteroatoms. The molecular formula is C28H27FN2O4S. The van der Waals surface area contributed by atoms with Crippen molar-refractivity contribution in [3.05, 3.63) is 66.5 Å². The molecule has 6 nitrogen and oxygen atoms in total. The Morgan fingerprint density at radius 1 is 0.972 bits per heavy atom. The van der Waals surface area contributed by atoms with Crippen molar-refractivity contribution in [1.82, 2.24) is 9.97 Å². The highest BCUT2D eigenvalue weighted by atomic mass is 32.2. The van der Waals surface area contributed by atoms with Gasteiger partial charge in [-0.3, -0.25) is 0 Å². The summed E-state index contributed by atoms with van der Waals surface area (Å²) in [5.74, 6) is 0.0490. The summed E-state index contributed by atoms with van der Waals surface area (Å²) in [5.41, 5.74) is 4.32. The number of nitrogens with one attached hydrogen (secondary N) is 1. The Bertz CT molecular complexity index is 1370. The second kappa shape index (κ2) is 9.52. The lowest BCUT2D eigenvalue weighted by atomic mass is 10.0. The zero-order valence-electron chi connectivity index (χ0n) is 20.0. The molecule has 2 aliphatic rings. The number of ether oxygens (including phenoxy) is 3. The Morgan fingerprint density at radius 3 is 2.36 bits per heavy atom. The number of aliphatic hydroxyl groups excluding tert-OH is 1. The van der Waals surface area contributed by atoms with Gasteiger partial charge >= 0.3 is 0 Å². The molecule has 2 saturated heterocycles. The zero-order chi connectivity index (χ0) is 24.8. The predicted molar refractivity (Wildman–Crippen MR) is 138 cm³/mol. The van der Waals surface area contributed by atoms with Crippen LogP contribution in [0.5, 0.6) is 5.88 Å². The fourth-order valence-electron chi connectivity index (χ4n) is 4.80. The van der Waals surface area contributed by atoms with Crippen molar-refractivity contribution in [3.63, 3.8) is 0 Å². The average molecular weight is 507 g/mol. The van der Waals surface area contributed by atoms with E-state index in [1.165, 1.54) is 11.0 Å². The molecule has 0 saturated carbocycles. The first-order valence-corrected chi connectivity index (χ1v) is 13.0. The second-order valence-corrected chi connectivity index (χ2v) is 11.1. The quantitative estimate of drug-likeness (QED) is 0.339. The van der Waals surface area contributed by atoms with Crippen LogP contribution >= 0.6 is 11.8 Å². The molecule has 4 heterocycles. The van der Waals surface area contributed by atoms with Crippen molar-refractivity contribution in [1.29, 1.82) is 0 Å². The van der Waals surface area contributed by atoms with Gasteiger partial charge in [0.15, 0.2) is 17.8 Å². The molecule has 2 aromatic heterocycles. The van der Waals surface area contributed by atoms with E-state index in [9.17, 15) is 5.11 Å². The maximum atomic E-state index is 15.0. The smallest absolute Gasteiger partial charge is 0.193 e. The van der Waals surface area contributed by atoms with Gasteiger partial charge in [-0.25, -0.2) is 9.37 Å². The van der Waals surface area contributed by atoms with E-state index < -0.39 is 11.9 Å². The molecule has 0 amide bonds. The summed E-state index contributed by atoms with van der Waals surface area (Å²) in [5, 5.41) is 10.5. The maximum absolute atomic E-state index is 15.0. The summed E-state index contributed by atoms with van der Waals surface area (Å²) in [7, 11) is 0. The summed E-state index contributed by atoms with van der Waals surface area (Å²) in [4.78, 5) is 8.89. The fourth-order valence-corrected chi connectivity index (χ4v) is 5.64. The summed E-state index contributed by atoms with van der Waals surface area (Å²) in [6, 6.07) is 19.4. The molecule has 4 atom stereocenters. The van der Waals surface area contributed by atoms with Crippen molar-refractivity contribution in [3.8, 4) is 28.3 Å². The second-order valence-electron chi connectivity index (χ2n) is 9.47. The van der Waals surface area contributed by atoms with Gasteiger partial charge in [-0.1, -0.05) is 50.2 Å². The number of H-pyrrole nitrogens is 1. The first-order chi connectivity index (χ1) is 17.4. The van der Waals surface area contributed by atoms with Crippen LogP contribution in [0.15, 0.2) is 65.6 Å². The molecule has 2 N–H and O–H groups in total. The van der Waals surface area contributed by atoms with Crippen LogP contribution < -0.4 is 4.74 Å². The number of pyridine rings is 1. The van der Waals surface area contributed by atoms with Gasteiger partial charge in [0.25, 0.3) is 0 Å². The van der Waals surface area contributed by atoms with Gasteiger partial charge in [-0.05, 0) is 23.3 Å². The monoisotopic (exact) mass is 506 g/mol. The largest absolute Gasteiger partial charge is 0.470 e. The minimum atomic E-state index is -0.640. The summed E-state index contributed by atoms with van der Waals surface area (Å²) >= 11 is 1.84. The minimum Gasteiger partial charge on any atom is -0.470 e. The van der Waals surface area contributed by atoms with Crippen LogP contribution in [0.1, 0.15) is 13.8 Å².